The van der Waals surface area contributed by atoms with Gasteiger partial charge in [0.1, 0.15) is 11.8 Å². The number of hydrogen-bond donors (Lipinski definition) is 2. The molecular weight excluding hydrogens is 232 g/mol. The molecule has 0 saturated heterocycles. The highest BCUT2D eigenvalue weighted by Gasteiger charge is 2.14. The van der Waals surface area contributed by atoms with Gasteiger partial charge in [-0.2, -0.15) is 0 Å². The van der Waals surface area contributed by atoms with Gasteiger partial charge in [-0.15, -0.1) is 0 Å². The number of carbonyl (C=O) groups excluding carboxylic acids is 1. The molecule has 3 N–H and O–H groups in total. The number of nitrogens with one attached hydrogen (secondary N) is 1. The molecule has 0 heterocycles. The van der Waals surface area contributed by atoms with Crippen LogP contribution < -0.4 is 15.8 Å². The van der Waals surface area contributed by atoms with Gasteiger partial charge in [0, 0.05) is 12.8 Å². The SMILES string of the molecule is CCOc1ccc(NC(=O)C(N)COC)c(C)c1. The van der Waals surface area contributed by atoms with Gasteiger partial charge in [0.15, 0.2) is 0 Å². The lowest BCUT2D eigenvalue weighted by Gasteiger charge is -2.14. The average molecular weight is 252 g/mol. The van der Waals surface area contributed by atoms with Crippen LogP contribution in [0.5, 0.6) is 5.75 Å². The number of methoxy groups -OCH3 is 1. The fourth-order valence-corrected chi connectivity index (χ4v) is 1.51. The van der Waals surface area contributed by atoms with Crippen molar-refractivity contribution < 1.29 is 14.3 Å². The lowest BCUT2D eigenvalue weighted by atomic mass is 10.2. The second kappa shape index (κ2) is 6.98. The Bertz CT molecular complexity index is 407. The molecule has 5 heteroatoms. The summed E-state index contributed by atoms with van der Waals surface area (Å²) in [6.45, 7) is 4.64. The first-order valence-corrected chi connectivity index (χ1v) is 5.87. The molecule has 0 aliphatic heterocycles. The zero-order valence-electron chi connectivity index (χ0n) is 11.0. The number of carbonyl (C=O) groups is 1. The average Bonchev–Trinajstić information content (AvgIpc) is 2.33. The van der Waals surface area contributed by atoms with Crippen molar-refractivity contribution in [1.82, 2.24) is 0 Å². The minimum Gasteiger partial charge on any atom is -0.494 e. The molecule has 0 saturated carbocycles. The Kier molecular flexibility index (Phi) is 5.61. The fourth-order valence-electron chi connectivity index (χ4n) is 1.51. The number of aryl methyl sites for hydroxylation is 1. The highest BCUT2D eigenvalue weighted by molar-refractivity contribution is 5.95. The van der Waals surface area contributed by atoms with E-state index < -0.39 is 6.04 Å². The minimum atomic E-state index is -0.666. The molecule has 100 valence electrons. The molecule has 1 rings (SSSR count). The molecule has 0 aromatic heterocycles. The molecule has 0 bridgehead atoms. The summed E-state index contributed by atoms with van der Waals surface area (Å²) in [4.78, 5) is 11.7. The predicted octanol–water partition coefficient (Wildman–Crippen LogP) is 1.31. The molecule has 0 radical (unpaired) electrons. The number of anilines is 1. The van der Waals surface area contributed by atoms with Crippen molar-refractivity contribution in [3.05, 3.63) is 23.8 Å². The summed E-state index contributed by atoms with van der Waals surface area (Å²) >= 11 is 0. The number of nitrogens with two attached hydrogens (primary N) is 1. The topological polar surface area (TPSA) is 73.6 Å². The molecule has 18 heavy (non-hydrogen) atoms. The van der Waals surface area contributed by atoms with Gasteiger partial charge in [-0.1, -0.05) is 0 Å². The summed E-state index contributed by atoms with van der Waals surface area (Å²) in [5, 5.41) is 2.76. The summed E-state index contributed by atoms with van der Waals surface area (Å²) < 4.78 is 10.2. The number of rotatable bonds is 6. The number of hydrogen-bond acceptors (Lipinski definition) is 4. The van der Waals surface area contributed by atoms with Gasteiger partial charge in [-0.05, 0) is 37.6 Å². The van der Waals surface area contributed by atoms with Crippen molar-refractivity contribution in [3.8, 4) is 5.75 Å². The van der Waals surface area contributed by atoms with Crippen molar-refractivity contribution >= 4 is 11.6 Å². The molecule has 5 nitrogen and oxygen atoms in total. The van der Waals surface area contributed by atoms with Gasteiger partial charge < -0.3 is 20.5 Å². The van der Waals surface area contributed by atoms with Crippen molar-refractivity contribution in [3.63, 3.8) is 0 Å². The van der Waals surface area contributed by atoms with Gasteiger partial charge in [0.25, 0.3) is 0 Å². The summed E-state index contributed by atoms with van der Waals surface area (Å²) in [6, 6.07) is 4.83. The van der Waals surface area contributed by atoms with Gasteiger partial charge in [-0.3, -0.25) is 4.79 Å². The number of benzene rings is 1. The van der Waals surface area contributed by atoms with Crippen molar-refractivity contribution in [2.24, 2.45) is 5.73 Å². The van der Waals surface area contributed by atoms with Crippen LogP contribution >= 0.6 is 0 Å². The van der Waals surface area contributed by atoms with Crippen LogP contribution in [0.2, 0.25) is 0 Å². The summed E-state index contributed by atoms with van der Waals surface area (Å²) in [7, 11) is 1.51. The highest BCUT2D eigenvalue weighted by Crippen LogP contribution is 2.21. The first-order valence-electron chi connectivity index (χ1n) is 5.87. The third kappa shape index (κ3) is 4.01. The van der Waals surface area contributed by atoms with Crippen LogP contribution in [0.4, 0.5) is 5.69 Å². The van der Waals surface area contributed by atoms with E-state index in [2.05, 4.69) is 5.32 Å². The minimum absolute atomic E-state index is 0.196. The molecule has 1 amide bonds. The van der Waals surface area contributed by atoms with E-state index in [9.17, 15) is 4.79 Å². The third-order valence-electron chi connectivity index (χ3n) is 2.45. The zero-order chi connectivity index (χ0) is 13.5. The normalized spacial score (nSPS) is 12.0. The standard InChI is InChI=1S/C13H20N2O3/c1-4-18-10-5-6-12(9(2)7-10)15-13(16)11(14)8-17-3/h5-7,11H,4,8,14H2,1-3H3,(H,15,16). The van der Waals surface area contributed by atoms with Crippen LogP contribution in [-0.2, 0) is 9.53 Å². The molecule has 1 atom stereocenters. The van der Waals surface area contributed by atoms with E-state index in [0.29, 0.717) is 6.61 Å². The molecule has 1 unspecified atom stereocenters. The zero-order valence-corrected chi connectivity index (χ0v) is 11.0. The Balaban J connectivity index is 2.70. The molecule has 0 fully saturated rings. The van der Waals surface area contributed by atoms with E-state index in [0.717, 1.165) is 17.0 Å². The van der Waals surface area contributed by atoms with E-state index in [1.54, 1.807) is 6.07 Å². The molecule has 0 aliphatic rings. The molecule has 0 spiro atoms. The lowest BCUT2D eigenvalue weighted by Crippen LogP contribution is -2.39. The summed E-state index contributed by atoms with van der Waals surface area (Å²) in [5.74, 6) is 0.526. The van der Waals surface area contributed by atoms with Gasteiger partial charge in [0.05, 0.1) is 13.2 Å². The maximum absolute atomic E-state index is 11.7. The van der Waals surface area contributed by atoms with E-state index in [1.807, 2.05) is 26.0 Å². The van der Waals surface area contributed by atoms with Gasteiger partial charge in [0.2, 0.25) is 5.91 Å². The maximum atomic E-state index is 11.7. The first kappa shape index (κ1) is 14.5. The van der Waals surface area contributed by atoms with Gasteiger partial charge >= 0.3 is 0 Å². The molecule has 0 aliphatic carbocycles. The van der Waals surface area contributed by atoms with Crippen LogP contribution in [-0.4, -0.2) is 32.3 Å². The lowest BCUT2D eigenvalue weighted by molar-refractivity contribution is -0.118. The third-order valence-corrected chi connectivity index (χ3v) is 2.45. The Morgan fingerprint density at radius 3 is 2.78 bits per heavy atom. The Morgan fingerprint density at radius 1 is 1.50 bits per heavy atom. The Hall–Kier alpha value is -1.59. The van der Waals surface area contributed by atoms with Crippen molar-refractivity contribution in [1.29, 1.82) is 0 Å². The van der Waals surface area contributed by atoms with E-state index in [4.69, 9.17) is 15.2 Å². The van der Waals surface area contributed by atoms with Crippen molar-refractivity contribution in [2.75, 3.05) is 25.6 Å². The summed E-state index contributed by atoms with van der Waals surface area (Å²) in [6.07, 6.45) is 0. The fraction of sp³-hybridized carbons (Fsp3) is 0.462. The van der Waals surface area contributed by atoms with E-state index >= 15 is 0 Å². The van der Waals surface area contributed by atoms with Crippen LogP contribution in [0.15, 0.2) is 18.2 Å². The van der Waals surface area contributed by atoms with Gasteiger partial charge in [-0.25, -0.2) is 0 Å². The molecular formula is C13H20N2O3. The molecule has 1 aromatic rings. The first-order chi connectivity index (χ1) is 8.58. The quantitative estimate of drug-likeness (QED) is 0.800. The second-order valence-electron chi connectivity index (χ2n) is 3.96. The van der Waals surface area contributed by atoms with Crippen LogP contribution in [0.1, 0.15) is 12.5 Å². The largest absolute Gasteiger partial charge is 0.494 e. The predicted molar refractivity (Wildman–Crippen MR) is 70.8 cm³/mol. The Labute approximate surface area is 107 Å². The van der Waals surface area contributed by atoms with E-state index in [1.165, 1.54) is 7.11 Å². The van der Waals surface area contributed by atoms with Crippen LogP contribution in [0, 0.1) is 6.92 Å². The smallest absolute Gasteiger partial charge is 0.243 e. The number of amides is 1. The summed E-state index contributed by atoms with van der Waals surface area (Å²) in [5.41, 5.74) is 7.30. The number of ether oxygens (including phenoxy) is 2. The van der Waals surface area contributed by atoms with E-state index in [-0.39, 0.29) is 12.5 Å². The molecule has 1 aromatic carbocycles. The Morgan fingerprint density at radius 2 is 2.22 bits per heavy atom. The van der Waals surface area contributed by atoms with Crippen molar-refractivity contribution in [2.45, 2.75) is 19.9 Å². The highest BCUT2D eigenvalue weighted by atomic mass is 16.5. The van der Waals surface area contributed by atoms with Crippen LogP contribution in [0.3, 0.4) is 0 Å². The maximum Gasteiger partial charge on any atom is 0.243 e. The van der Waals surface area contributed by atoms with Crippen LogP contribution in [0.25, 0.3) is 0 Å². The second-order valence-corrected chi connectivity index (χ2v) is 3.96. The monoisotopic (exact) mass is 252 g/mol.